The van der Waals surface area contributed by atoms with Crippen molar-refractivity contribution in [1.29, 1.82) is 0 Å². The first kappa shape index (κ1) is 13.0. The minimum absolute atomic E-state index is 0.0907. The Morgan fingerprint density at radius 3 is 2.76 bits per heavy atom. The first-order valence-electron chi connectivity index (χ1n) is 7.38. The van der Waals surface area contributed by atoms with E-state index in [1.165, 1.54) is 17.2 Å². The van der Waals surface area contributed by atoms with Gasteiger partial charge in [0.05, 0.1) is 18.8 Å². The van der Waals surface area contributed by atoms with E-state index in [0.29, 0.717) is 13.0 Å². The van der Waals surface area contributed by atoms with Crippen LogP contribution in [0.2, 0.25) is 0 Å². The number of halogens is 1. The van der Waals surface area contributed by atoms with Crippen molar-refractivity contribution < 1.29 is 14.2 Å². The predicted octanol–water partition coefficient (Wildman–Crippen LogP) is 3.34. The molecule has 3 atom stereocenters. The summed E-state index contributed by atoms with van der Waals surface area (Å²) in [6, 6.07) is 13.2. The second kappa shape index (κ2) is 4.93. The first-order chi connectivity index (χ1) is 10.2. The Kier molecular flexibility index (Phi) is 3.05. The Labute approximate surface area is 123 Å². The van der Waals surface area contributed by atoms with Gasteiger partial charge in [-0.1, -0.05) is 30.3 Å². The number of aliphatic hydroxyl groups is 1. The molecule has 21 heavy (non-hydrogen) atoms. The number of ether oxygens (including phenoxy) is 1. The Morgan fingerprint density at radius 2 is 1.86 bits per heavy atom. The fraction of sp³-hybridized carbons (Fsp3) is 0.333. The van der Waals surface area contributed by atoms with Crippen LogP contribution in [0.3, 0.4) is 0 Å². The maximum Gasteiger partial charge on any atom is 0.123 e. The number of hydrogen-bond acceptors (Lipinski definition) is 2. The van der Waals surface area contributed by atoms with Crippen LogP contribution >= 0.6 is 0 Å². The molecule has 0 amide bonds. The van der Waals surface area contributed by atoms with E-state index in [4.69, 9.17) is 4.74 Å². The molecule has 1 saturated heterocycles. The molecule has 2 nitrogen and oxygen atoms in total. The smallest absolute Gasteiger partial charge is 0.123 e. The van der Waals surface area contributed by atoms with Gasteiger partial charge in [0.25, 0.3) is 0 Å². The van der Waals surface area contributed by atoms with Crippen LogP contribution in [0.1, 0.15) is 40.7 Å². The van der Waals surface area contributed by atoms with E-state index in [-0.39, 0.29) is 17.8 Å². The highest BCUT2D eigenvalue weighted by atomic mass is 19.1. The summed E-state index contributed by atoms with van der Waals surface area (Å²) < 4.78 is 19.6. The molecular weight excluding hydrogens is 267 g/mol. The molecule has 0 aromatic heterocycles. The molecule has 1 fully saturated rings. The summed E-state index contributed by atoms with van der Waals surface area (Å²) >= 11 is 0. The second-order valence-electron chi connectivity index (χ2n) is 5.97. The highest BCUT2D eigenvalue weighted by Crippen LogP contribution is 2.46. The van der Waals surface area contributed by atoms with Crippen molar-refractivity contribution in [2.75, 3.05) is 6.61 Å². The molecule has 108 valence electrons. The summed E-state index contributed by atoms with van der Waals surface area (Å²) in [6.07, 6.45) is 0.841. The van der Waals surface area contributed by atoms with E-state index in [2.05, 4.69) is 12.1 Å². The average molecular weight is 284 g/mol. The van der Waals surface area contributed by atoms with Crippen LogP contribution in [0.4, 0.5) is 4.39 Å². The summed E-state index contributed by atoms with van der Waals surface area (Å²) in [4.78, 5) is 0. The minimum Gasteiger partial charge on any atom is -0.391 e. The SMILES string of the molecule is O[C@H]1CO[C@H]2c3cc(F)ccc3Cc3ccccc3[C@H]2C1. The van der Waals surface area contributed by atoms with E-state index in [0.717, 1.165) is 17.5 Å². The first-order valence-corrected chi connectivity index (χ1v) is 7.38. The van der Waals surface area contributed by atoms with Gasteiger partial charge in [-0.3, -0.25) is 0 Å². The lowest BCUT2D eigenvalue weighted by Crippen LogP contribution is -2.31. The van der Waals surface area contributed by atoms with Crippen LogP contribution in [0, 0.1) is 5.82 Å². The lowest BCUT2D eigenvalue weighted by molar-refractivity contribution is -0.0705. The monoisotopic (exact) mass is 284 g/mol. The van der Waals surface area contributed by atoms with Crippen molar-refractivity contribution in [1.82, 2.24) is 0 Å². The van der Waals surface area contributed by atoms with Gasteiger partial charge in [-0.25, -0.2) is 4.39 Å². The molecule has 4 rings (SSSR count). The lowest BCUT2D eigenvalue weighted by atomic mass is 9.83. The van der Waals surface area contributed by atoms with Gasteiger partial charge in [0.2, 0.25) is 0 Å². The second-order valence-corrected chi connectivity index (χ2v) is 5.97. The normalized spacial score (nSPS) is 27.2. The zero-order valence-corrected chi connectivity index (χ0v) is 11.6. The van der Waals surface area contributed by atoms with E-state index in [1.807, 2.05) is 18.2 Å². The van der Waals surface area contributed by atoms with Gasteiger partial charge in [0, 0.05) is 5.92 Å². The number of rotatable bonds is 0. The highest BCUT2D eigenvalue weighted by molar-refractivity contribution is 5.44. The molecule has 0 spiro atoms. The Balaban J connectivity index is 1.91. The molecule has 2 aromatic rings. The van der Waals surface area contributed by atoms with Crippen LogP contribution in [-0.2, 0) is 11.2 Å². The molecule has 1 aliphatic heterocycles. The van der Waals surface area contributed by atoms with Crippen molar-refractivity contribution in [2.45, 2.75) is 31.0 Å². The zero-order chi connectivity index (χ0) is 14.4. The summed E-state index contributed by atoms with van der Waals surface area (Å²) in [7, 11) is 0. The standard InChI is InChI=1S/C18H17FO2/c19-13-6-5-12-7-11-3-1-2-4-15(11)17-9-14(20)10-21-18(17)16(12)8-13/h1-6,8,14,17-18,20H,7,9-10H2/t14-,17-,18+/m1/s1. The molecule has 1 heterocycles. The average Bonchev–Trinajstić information content (AvgIpc) is 2.62. The van der Waals surface area contributed by atoms with E-state index in [1.54, 1.807) is 6.07 Å². The van der Waals surface area contributed by atoms with E-state index in [9.17, 15) is 9.50 Å². The number of benzene rings is 2. The zero-order valence-electron chi connectivity index (χ0n) is 11.6. The van der Waals surface area contributed by atoms with Gasteiger partial charge in [-0.05, 0) is 47.2 Å². The van der Waals surface area contributed by atoms with E-state index < -0.39 is 6.10 Å². The van der Waals surface area contributed by atoms with E-state index >= 15 is 0 Å². The summed E-state index contributed by atoms with van der Waals surface area (Å²) in [5.41, 5.74) is 4.52. The molecule has 2 aromatic carbocycles. The van der Waals surface area contributed by atoms with Crippen LogP contribution in [0.25, 0.3) is 0 Å². The van der Waals surface area contributed by atoms with Gasteiger partial charge in [0.15, 0.2) is 0 Å². The fourth-order valence-corrected chi connectivity index (χ4v) is 3.67. The third-order valence-electron chi connectivity index (χ3n) is 4.61. The molecule has 0 radical (unpaired) electrons. The molecule has 2 aliphatic rings. The van der Waals surface area contributed by atoms with Gasteiger partial charge in [-0.2, -0.15) is 0 Å². The van der Waals surface area contributed by atoms with Gasteiger partial charge >= 0.3 is 0 Å². The largest absolute Gasteiger partial charge is 0.391 e. The molecule has 1 N–H and O–H groups in total. The quantitative estimate of drug-likeness (QED) is 0.804. The summed E-state index contributed by atoms with van der Waals surface area (Å²) in [5.74, 6) is -0.138. The Hall–Kier alpha value is -1.71. The molecular formula is C18H17FO2. The van der Waals surface area contributed by atoms with Crippen LogP contribution in [0.15, 0.2) is 42.5 Å². The third-order valence-corrected chi connectivity index (χ3v) is 4.61. The van der Waals surface area contributed by atoms with Crippen LogP contribution in [0.5, 0.6) is 0 Å². The Bertz CT molecular complexity index is 683. The molecule has 0 saturated carbocycles. The van der Waals surface area contributed by atoms with Gasteiger partial charge in [0.1, 0.15) is 5.82 Å². The molecule has 0 bridgehead atoms. The lowest BCUT2D eigenvalue weighted by Gasteiger charge is -2.35. The predicted molar refractivity (Wildman–Crippen MR) is 77.7 cm³/mol. The number of fused-ring (bicyclic) bond motifs is 5. The van der Waals surface area contributed by atoms with Crippen molar-refractivity contribution in [3.05, 3.63) is 70.5 Å². The number of hydrogen-bond donors (Lipinski definition) is 1. The fourth-order valence-electron chi connectivity index (χ4n) is 3.67. The summed E-state index contributed by atoms with van der Waals surface area (Å²) in [6.45, 7) is 0.319. The van der Waals surface area contributed by atoms with Crippen molar-refractivity contribution >= 4 is 0 Å². The van der Waals surface area contributed by atoms with Crippen molar-refractivity contribution in [3.8, 4) is 0 Å². The molecule has 1 aliphatic carbocycles. The third kappa shape index (κ3) is 2.17. The van der Waals surface area contributed by atoms with Crippen LogP contribution in [-0.4, -0.2) is 17.8 Å². The maximum atomic E-state index is 13.7. The Morgan fingerprint density at radius 1 is 1.05 bits per heavy atom. The van der Waals surface area contributed by atoms with Gasteiger partial charge in [-0.15, -0.1) is 0 Å². The van der Waals surface area contributed by atoms with Crippen molar-refractivity contribution in [3.63, 3.8) is 0 Å². The topological polar surface area (TPSA) is 29.5 Å². The van der Waals surface area contributed by atoms with Crippen molar-refractivity contribution in [2.24, 2.45) is 0 Å². The summed E-state index contributed by atoms with van der Waals surface area (Å²) in [5, 5.41) is 9.97. The van der Waals surface area contributed by atoms with Gasteiger partial charge < -0.3 is 9.84 Å². The number of aliphatic hydroxyl groups excluding tert-OH is 1. The van der Waals surface area contributed by atoms with Crippen LogP contribution < -0.4 is 0 Å². The molecule has 3 heteroatoms. The highest BCUT2D eigenvalue weighted by Gasteiger charge is 2.37. The molecule has 0 unspecified atom stereocenters. The maximum absolute atomic E-state index is 13.7. The minimum atomic E-state index is -0.450.